The van der Waals surface area contributed by atoms with Crippen LogP contribution in [0, 0.1) is 10.1 Å². The third kappa shape index (κ3) is 3.09. The van der Waals surface area contributed by atoms with Gasteiger partial charge in [0.05, 0.1) is 4.92 Å². The van der Waals surface area contributed by atoms with Gasteiger partial charge in [-0.15, -0.1) is 0 Å². The molecule has 2 N–H and O–H groups in total. The molecule has 16 heavy (non-hydrogen) atoms. The van der Waals surface area contributed by atoms with Crippen molar-refractivity contribution in [2.75, 3.05) is 11.9 Å². The summed E-state index contributed by atoms with van der Waals surface area (Å²) in [6, 6.07) is 4.29. The summed E-state index contributed by atoms with van der Waals surface area (Å²) in [6.45, 7) is 3.87. The van der Waals surface area contributed by atoms with Crippen LogP contribution >= 0.6 is 0 Å². The molecule has 0 radical (unpaired) electrons. The van der Waals surface area contributed by atoms with Crippen molar-refractivity contribution in [1.29, 1.82) is 0 Å². The van der Waals surface area contributed by atoms with Crippen LogP contribution in [0.15, 0.2) is 18.2 Å². The molecule has 1 aromatic carbocycles. The van der Waals surface area contributed by atoms with Crippen LogP contribution in [0.5, 0.6) is 5.75 Å². The molecule has 0 aromatic heterocycles. The smallest absolute Gasteiger partial charge is 0.292 e. The van der Waals surface area contributed by atoms with E-state index in [1.807, 2.05) is 6.92 Å². The van der Waals surface area contributed by atoms with Gasteiger partial charge in [-0.1, -0.05) is 0 Å². The minimum absolute atomic E-state index is 0.0141. The third-order valence-corrected chi connectivity index (χ3v) is 1.84. The molecule has 1 atom stereocenters. The van der Waals surface area contributed by atoms with Gasteiger partial charge in [-0.05, 0) is 19.9 Å². The van der Waals surface area contributed by atoms with Crippen molar-refractivity contribution in [2.24, 2.45) is 0 Å². The lowest BCUT2D eigenvalue weighted by molar-refractivity contribution is -0.384. The summed E-state index contributed by atoms with van der Waals surface area (Å²) in [6.07, 6.45) is -0.948. The van der Waals surface area contributed by atoms with Crippen molar-refractivity contribution in [3.05, 3.63) is 28.3 Å². The minimum Gasteiger partial charge on any atom is -0.465 e. The van der Waals surface area contributed by atoms with Crippen LogP contribution in [0.4, 0.5) is 11.4 Å². The Morgan fingerprint density at radius 1 is 1.62 bits per heavy atom. The molecule has 0 spiro atoms. The van der Waals surface area contributed by atoms with Crippen LogP contribution < -0.4 is 10.1 Å². The molecule has 0 bridgehead atoms. The van der Waals surface area contributed by atoms with Crippen molar-refractivity contribution >= 4 is 11.4 Å². The number of hydrogen-bond acceptors (Lipinski definition) is 5. The van der Waals surface area contributed by atoms with Crippen LogP contribution in [0.25, 0.3) is 0 Å². The first-order valence-corrected chi connectivity index (χ1v) is 4.91. The molecule has 0 aliphatic heterocycles. The van der Waals surface area contributed by atoms with Gasteiger partial charge in [0.2, 0.25) is 0 Å². The molecule has 0 aliphatic rings. The molecule has 1 unspecified atom stereocenters. The van der Waals surface area contributed by atoms with Gasteiger partial charge in [0.25, 0.3) is 5.69 Å². The summed E-state index contributed by atoms with van der Waals surface area (Å²) in [5, 5.41) is 22.6. The van der Waals surface area contributed by atoms with Crippen molar-refractivity contribution in [1.82, 2.24) is 0 Å². The second-order valence-corrected chi connectivity index (χ2v) is 3.18. The molecule has 0 amide bonds. The Labute approximate surface area is 93.0 Å². The van der Waals surface area contributed by atoms with E-state index in [0.29, 0.717) is 18.0 Å². The quantitative estimate of drug-likeness (QED) is 0.454. The number of anilines is 1. The van der Waals surface area contributed by atoms with Crippen LogP contribution in [0.2, 0.25) is 0 Å². The number of nitro benzene ring substituents is 1. The zero-order valence-corrected chi connectivity index (χ0v) is 9.14. The van der Waals surface area contributed by atoms with Gasteiger partial charge < -0.3 is 15.2 Å². The predicted octanol–water partition coefficient (Wildman–Crippen LogP) is 1.74. The number of nitrogens with zero attached hydrogens (tertiary/aromatic N) is 1. The summed E-state index contributed by atoms with van der Waals surface area (Å²) in [5.41, 5.74) is 0.366. The Bertz CT molecular complexity index is 379. The monoisotopic (exact) mass is 226 g/mol. The Morgan fingerprint density at radius 2 is 2.31 bits per heavy atom. The molecule has 0 fully saturated rings. The highest BCUT2D eigenvalue weighted by molar-refractivity contribution is 5.64. The molecule has 1 aromatic rings. The van der Waals surface area contributed by atoms with Crippen molar-refractivity contribution < 1.29 is 14.8 Å². The number of aliphatic hydroxyl groups is 1. The molecule has 0 heterocycles. The molecule has 0 saturated heterocycles. The lowest BCUT2D eigenvalue weighted by Crippen LogP contribution is -2.10. The van der Waals surface area contributed by atoms with E-state index in [-0.39, 0.29) is 5.69 Å². The zero-order chi connectivity index (χ0) is 12.1. The number of hydrogen-bond donors (Lipinski definition) is 2. The normalized spacial score (nSPS) is 11.9. The van der Waals surface area contributed by atoms with Gasteiger partial charge in [0.15, 0.2) is 6.29 Å². The number of rotatable bonds is 5. The Morgan fingerprint density at radius 3 is 2.81 bits per heavy atom. The Kier molecular flexibility index (Phi) is 4.07. The molecule has 6 heteroatoms. The van der Waals surface area contributed by atoms with Crippen LogP contribution in [0.3, 0.4) is 0 Å². The third-order valence-electron chi connectivity index (χ3n) is 1.84. The van der Waals surface area contributed by atoms with Gasteiger partial charge in [-0.25, -0.2) is 0 Å². The standard InChI is InChI=1S/C10H14N2O4/c1-3-11-9-6-8(16-7(2)13)4-5-10(9)12(14)15/h4-7,11,13H,3H2,1-2H3. The Hall–Kier alpha value is -1.82. The minimum atomic E-state index is -0.948. The van der Waals surface area contributed by atoms with Gasteiger partial charge in [0.1, 0.15) is 11.4 Å². The summed E-state index contributed by atoms with van der Waals surface area (Å²) in [7, 11) is 0. The Balaban J connectivity index is 3.02. The van der Waals surface area contributed by atoms with E-state index in [0.717, 1.165) is 0 Å². The van der Waals surface area contributed by atoms with E-state index in [9.17, 15) is 10.1 Å². The van der Waals surface area contributed by atoms with Gasteiger partial charge in [-0.2, -0.15) is 0 Å². The first kappa shape index (κ1) is 12.3. The summed E-state index contributed by atoms with van der Waals surface area (Å²) < 4.78 is 5.03. The van der Waals surface area contributed by atoms with Crippen LogP contribution in [-0.4, -0.2) is 22.9 Å². The van der Waals surface area contributed by atoms with Crippen LogP contribution in [0.1, 0.15) is 13.8 Å². The van der Waals surface area contributed by atoms with Crippen molar-refractivity contribution in [3.8, 4) is 5.75 Å². The van der Waals surface area contributed by atoms with Crippen LogP contribution in [-0.2, 0) is 0 Å². The van der Waals surface area contributed by atoms with E-state index < -0.39 is 11.2 Å². The molecular weight excluding hydrogens is 212 g/mol. The molecule has 6 nitrogen and oxygen atoms in total. The highest BCUT2D eigenvalue weighted by Crippen LogP contribution is 2.29. The van der Waals surface area contributed by atoms with Crippen molar-refractivity contribution in [3.63, 3.8) is 0 Å². The topological polar surface area (TPSA) is 84.6 Å². The highest BCUT2D eigenvalue weighted by Gasteiger charge is 2.14. The zero-order valence-electron chi connectivity index (χ0n) is 9.14. The second-order valence-electron chi connectivity index (χ2n) is 3.18. The highest BCUT2D eigenvalue weighted by atomic mass is 16.6. The average molecular weight is 226 g/mol. The number of aliphatic hydroxyl groups excluding tert-OH is 1. The number of nitro groups is 1. The number of benzene rings is 1. The number of ether oxygens (including phenoxy) is 1. The molecule has 0 saturated carbocycles. The van der Waals surface area contributed by atoms with E-state index in [1.165, 1.54) is 25.1 Å². The summed E-state index contributed by atoms with van der Waals surface area (Å²) in [4.78, 5) is 10.2. The fourth-order valence-electron chi connectivity index (χ4n) is 1.28. The van der Waals surface area contributed by atoms with Gasteiger partial charge >= 0.3 is 0 Å². The first-order valence-electron chi connectivity index (χ1n) is 4.91. The summed E-state index contributed by atoms with van der Waals surface area (Å²) >= 11 is 0. The second kappa shape index (κ2) is 5.32. The molecule has 0 aliphatic carbocycles. The van der Waals surface area contributed by atoms with E-state index >= 15 is 0 Å². The molecule has 1 rings (SSSR count). The van der Waals surface area contributed by atoms with Gasteiger partial charge in [0, 0.05) is 18.7 Å². The maximum Gasteiger partial charge on any atom is 0.292 e. The first-order chi connectivity index (χ1) is 7.54. The number of nitrogens with one attached hydrogen (secondary N) is 1. The fraction of sp³-hybridized carbons (Fsp3) is 0.400. The fourth-order valence-corrected chi connectivity index (χ4v) is 1.28. The van der Waals surface area contributed by atoms with E-state index in [4.69, 9.17) is 9.84 Å². The lowest BCUT2D eigenvalue weighted by Gasteiger charge is -2.10. The maximum atomic E-state index is 10.7. The molecule has 88 valence electrons. The SMILES string of the molecule is CCNc1cc(OC(C)O)ccc1[N+](=O)[O-]. The lowest BCUT2D eigenvalue weighted by atomic mass is 10.2. The van der Waals surface area contributed by atoms with Gasteiger partial charge in [-0.3, -0.25) is 10.1 Å². The summed E-state index contributed by atoms with van der Waals surface area (Å²) in [5.74, 6) is 0.386. The van der Waals surface area contributed by atoms with Crippen molar-refractivity contribution in [2.45, 2.75) is 20.1 Å². The maximum absolute atomic E-state index is 10.7. The van der Waals surface area contributed by atoms with E-state index in [1.54, 1.807) is 0 Å². The van der Waals surface area contributed by atoms with E-state index in [2.05, 4.69) is 5.32 Å². The average Bonchev–Trinajstić information content (AvgIpc) is 2.17. The molecular formula is C10H14N2O4. The largest absolute Gasteiger partial charge is 0.465 e. The predicted molar refractivity (Wildman–Crippen MR) is 59.6 cm³/mol.